The maximum atomic E-state index is 11.2. The minimum Gasteiger partial charge on any atom is -0.481 e. The Morgan fingerprint density at radius 3 is 2.38 bits per heavy atom. The number of rotatable bonds is 5. The van der Waals surface area contributed by atoms with E-state index in [0.717, 1.165) is 15.6 Å². The third kappa shape index (κ3) is 3.93. The quantitative estimate of drug-likeness (QED) is 0.879. The number of carboxylic acids is 1. The van der Waals surface area contributed by atoms with E-state index < -0.39 is 11.9 Å². The third-order valence-electron chi connectivity index (χ3n) is 3.37. The second-order valence-corrected chi connectivity index (χ2v) is 5.69. The van der Waals surface area contributed by atoms with Gasteiger partial charge in [0.05, 0.1) is 18.4 Å². The summed E-state index contributed by atoms with van der Waals surface area (Å²) in [6, 6.07) is 19.1. The van der Waals surface area contributed by atoms with E-state index in [-0.39, 0.29) is 12.3 Å². The Bertz CT molecular complexity index is 664. The van der Waals surface area contributed by atoms with E-state index in [0.29, 0.717) is 0 Å². The predicted molar refractivity (Wildman–Crippen MR) is 83.9 cm³/mol. The number of nitriles is 1. The number of aliphatic carboxylic acids is 1. The fourth-order valence-electron chi connectivity index (χ4n) is 2.41. The maximum absolute atomic E-state index is 11.2. The van der Waals surface area contributed by atoms with Crippen LogP contribution in [0.15, 0.2) is 59.1 Å². The van der Waals surface area contributed by atoms with E-state index in [9.17, 15) is 15.2 Å². The lowest BCUT2D eigenvalue weighted by Crippen LogP contribution is -2.14. The highest BCUT2D eigenvalue weighted by Gasteiger charge is 2.27. The Hall–Kier alpha value is -2.12. The number of hydrogen-bond donors (Lipinski definition) is 1. The van der Waals surface area contributed by atoms with Gasteiger partial charge in [-0.1, -0.05) is 58.4 Å². The summed E-state index contributed by atoms with van der Waals surface area (Å²) in [4.78, 5) is 11.2. The van der Waals surface area contributed by atoms with Crippen molar-refractivity contribution in [1.29, 1.82) is 5.26 Å². The molecular formula is C17H14BrNO2. The van der Waals surface area contributed by atoms with Gasteiger partial charge in [-0.2, -0.15) is 5.26 Å². The van der Waals surface area contributed by atoms with Gasteiger partial charge in [-0.3, -0.25) is 4.79 Å². The minimum absolute atomic E-state index is 0.0798. The van der Waals surface area contributed by atoms with Crippen LogP contribution in [0.4, 0.5) is 0 Å². The maximum Gasteiger partial charge on any atom is 0.304 e. The summed E-state index contributed by atoms with van der Waals surface area (Å²) < 4.78 is 0.875. The third-order valence-corrected chi connectivity index (χ3v) is 3.86. The topological polar surface area (TPSA) is 61.1 Å². The van der Waals surface area contributed by atoms with E-state index in [4.69, 9.17) is 0 Å². The van der Waals surface area contributed by atoms with Gasteiger partial charge in [0.2, 0.25) is 0 Å². The predicted octanol–water partition coefficient (Wildman–Crippen LogP) is 4.31. The van der Waals surface area contributed by atoms with Crippen LogP contribution in [0.25, 0.3) is 0 Å². The van der Waals surface area contributed by atoms with Crippen molar-refractivity contribution in [2.45, 2.75) is 18.3 Å². The average molecular weight is 344 g/mol. The normalized spacial score (nSPS) is 13.1. The molecule has 2 rings (SSSR count). The molecule has 0 spiro atoms. The molecule has 106 valence electrons. The molecule has 0 saturated heterocycles. The zero-order chi connectivity index (χ0) is 15.2. The Balaban J connectivity index is 2.44. The number of hydrogen-bond acceptors (Lipinski definition) is 2. The van der Waals surface area contributed by atoms with Gasteiger partial charge in [-0.25, -0.2) is 0 Å². The second-order valence-electron chi connectivity index (χ2n) is 4.78. The Morgan fingerprint density at radius 2 is 1.81 bits per heavy atom. The first-order valence-corrected chi connectivity index (χ1v) is 7.33. The van der Waals surface area contributed by atoms with E-state index in [1.54, 1.807) is 0 Å². The molecule has 0 aliphatic heterocycles. The van der Waals surface area contributed by atoms with Crippen LogP contribution in [0.3, 0.4) is 0 Å². The molecule has 0 saturated carbocycles. The highest BCUT2D eigenvalue weighted by atomic mass is 79.9. The molecule has 0 aliphatic rings. The molecule has 0 fully saturated rings. The summed E-state index contributed by atoms with van der Waals surface area (Å²) in [5, 5.41) is 18.7. The first kappa shape index (κ1) is 15.3. The summed E-state index contributed by atoms with van der Waals surface area (Å²) in [6.07, 6.45) is -0.0798. The van der Waals surface area contributed by atoms with Gasteiger partial charge < -0.3 is 5.11 Å². The van der Waals surface area contributed by atoms with Crippen molar-refractivity contribution in [1.82, 2.24) is 0 Å². The standard InChI is InChI=1S/C17H14BrNO2/c18-14-8-4-7-13(9-14)15(10-17(20)21)16(11-19)12-5-2-1-3-6-12/h1-9,15-16H,10H2,(H,20,21). The highest BCUT2D eigenvalue weighted by molar-refractivity contribution is 9.10. The summed E-state index contributed by atoms with van der Waals surface area (Å²) in [5.41, 5.74) is 1.69. The molecule has 0 bridgehead atoms. The number of halogens is 1. The molecule has 2 unspecified atom stereocenters. The Labute approximate surface area is 132 Å². The van der Waals surface area contributed by atoms with Gasteiger partial charge in [0.1, 0.15) is 0 Å². The van der Waals surface area contributed by atoms with Crippen molar-refractivity contribution in [2.75, 3.05) is 0 Å². The van der Waals surface area contributed by atoms with Crippen molar-refractivity contribution in [3.05, 3.63) is 70.2 Å². The molecule has 3 nitrogen and oxygen atoms in total. The Kier molecular flexibility index (Phi) is 5.13. The summed E-state index contributed by atoms with van der Waals surface area (Å²) in [7, 11) is 0. The lowest BCUT2D eigenvalue weighted by atomic mass is 9.80. The SMILES string of the molecule is N#CC(c1ccccc1)C(CC(=O)O)c1cccc(Br)c1. The minimum atomic E-state index is -0.906. The number of carboxylic acid groups (broad SMARTS) is 1. The molecule has 2 aromatic rings. The summed E-state index contributed by atoms with van der Waals surface area (Å²) >= 11 is 3.39. The molecule has 2 aromatic carbocycles. The van der Waals surface area contributed by atoms with Gasteiger partial charge in [-0.15, -0.1) is 0 Å². The van der Waals surface area contributed by atoms with Gasteiger partial charge in [0, 0.05) is 10.4 Å². The first-order chi connectivity index (χ1) is 10.1. The van der Waals surface area contributed by atoms with Crippen molar-refractivity contribution in [3.8, 4) is 6.07 Å². The second kappa shape index (κ2) is 7.05. The molecule has 1 N–H and O–H groups in total. The van der Waals surface area contributed by atoms with Crippen LogP contribution in [-0.2, 0) is 4.79 Å². The largest absolute Gasteiger partial charge is 0.481 e. The van der Waals surface area contributed by atoms with Crippen LogP contribution in [0, 0.1) is 11.3 Å². The van der Waals surface area contributed by atoms with Crippen molar-refractivity contribution >= 4 is 21.9 Å². The molecule has 0 heterocycles. The number of nitrogens with zero attached hydrogens (tertiary/aromatic N) is 1. The van der Waals surface area contributed by atoms with Crippen LogP contribution in [0.1, 0.15) is 29.4 Å². The number of benzene rings is 2. The Morgan fingerprint density at radius 1 is 1.14 bits per heavy atom. The fourth-order valence-corrected chi connectivity index (χ4v) is 2.83. The molecule has 0 aliphatic carbocycles. The lowest BCUT2D eigenvalue weighted by Gasteiger charge is -2.21. The van der Waals surface area contributed by atoms with Gasteiger partial charge >= 0.3 is 5.97 Å². The van der Waals surface area contributed by atoms with E-state index in [1.165, 1.54) is 0 Å². The molecule has 2 atom stereocenters. The average Bonchev–Trinajstić information content (AvgIpc) is 2.48. The van der Waals surface area contributed by atoms with Crippen LogP contribution in [0.2, 0.25) is 0 Å². The monoisotopic (exact) mass is 343 g/mol. The first-order valence-electron chi connectivity index (χ1n) is 6.53. The zero-order valence-electron chi connectivity index (χ0n) is 11.2. The van der Waals surface area contributed by atoms with Crippen LogP contribution in [-0.4, -0.2) is 11.1 Å². The summed E-state index contributed by atoms with van der Waals surface area (Å²) in [5.74, 6) is -1.78. The van der Waals surface area contributed by atoms with Crippen molar-refractivity contribution in [2.24, 2.45) is 0 Å². The van der Waals surface area contributed by atoms with Crippen molar-refractivity contribution < 1.29 is 9.90 Å². The lowest BCUT2D eigenvalue weighted by molar-refractivity contribution is -0.137. The summed E-state index contributed by atoms with van der Waals surface area (Å²) in [6.45, 7) is 0. The highest BCUT2D eigenvalue weighted by Crippen LogP contribution is 2.36. The smallest absolute Gasteiger partial charge is 0.304 e. The van der Waals surface area contributed by atoms with E-state index in [1.807, 2.05) is 54.6 Å². The fraction of sp³-hybridized carbons (Fsp3) is 0.176. The molecule has 0 aromatic heterocycles. The van der Waals surface area contributed by atoms with Crippen LogP contribution in [0.5, 0.6) is 0 Å². The van der Waals surface area contributed by atoms with Gasteiger partial charge in [0.15, 0.2) is 0 Å². The van der Waals surface area contributed by atoms with E-state index in [2.05, 4.69) is 22.0 Å². The molecule has 0 radical (unpaired) electrons. The van der Waals surface area contributed by atoms with Gasteiger partial charge in [0.25, 0.3) is 0 Å². The van der Waals surface area contributed by atoms with Crippen LogP contribution >= 0.6 is 15.9 Å². The van der Waals surface area contributed by atoms with Crippen LogP contribution < -0.4 is 0 Å². The molecular weight excluding hydrogens is 330 g/mol. The zero-order valence-corrected chi connectivity index (χ0v) is 12.8. The molecule has 4 heteroatoms. The van der Waals surface area contributed by atoms with E-state index >= 15 is 0 Å². The van der Waals surface area contributed by atoms with Crippen molar-refractivity contribution in [3.63, 3.8) is 0 Å². The van der Waals surface area contributed by atoms with Gasteiger partial charge in [-0.05, 0) is 23.3 Å². The molecule has 21 heavy (non-hydrogen) atoms. The molecule has 0 amide bonds. The number of carbonyl (C=O) groups is 1.